The number of anilines is 9. The Balaban J connectivity index is 1.35. The zero-order valence-electron chi connectivity index (χ0n) is 50.7. The van der Waals surface area contributed by atoms with Crippen LogP contribution in [0.15, 0.2) is 109 Å². The van der Waals surface area contributed by atoms with Gasteiger partial charge in [0.15, 0.2) is 0 Å². The summed E-state index contributed by atoms with van der Waals surface area (Å²) in [7, 11) is 0. The van der Waals surface area contributed by atoms with Crippen molar-refractivity contribution in [3.63, 3.8) is 0 Å². The third kappa shape index (κ3) is 8.82. The minimum Gasteiger partial charge on any atom is -0.311 e. The highest BCUT2D eigenvalue weighted by molar-refractivity contribution is 7.00. The van der Waals surface area contributed by atoms with Gasteiger partial charge in [0.05, 0.1) is 17.1 Å². The van der Waals surface area contributed by atoms with Gasteiger partial charge in [-0.1, -0.05) is 178 Å². The van der Waals surface area contributed by atoms with E-state index in [4.69, 9.17) is 0 Å². The summed E-state index contributed by atoms with van der Waals surface area (Å²) < 4.78 is 0. The summed E-state index contributed by atoms with van der Waals surface area (Å²) in [5, 5.41) is 0. The molecule has 0 bridgehead atoms. The number of rotatable bonds is 5. The van der Waals surface area contributed by atoms with Crippen LogP contribution in [0.3, 0.4) is 0 Å². The van der Waals surface area contributed by atoms with Gasteiger partial charge in [-0.05, 0) is 212 Å². The minimum absolute atomic E-state index is 0.0200. The molecule has 0 fully saturated rings. The van der Waals surface area contributed by atoms with Crippen molar-refractivity contribution in [1.82, 2.24) is 0 Å². The number of nitrogens with zero attached hydrogens (tertiary/aromatic N) is 3. The van der Waals surface area contributed by atoms with Crippen molar-refractivity contribution in [2.75, 3.05) is 14.7 Å². The first-order valence-electron chi connectivity index (χ1n) is 28.5. The van der Waals surface area contributed by atoms with E-state index in [2.05, 4.69) is 276 Å². The highest BCUT2D eigenvalue weighted by Crippen LogP contribution is 2.53. The third-order valence-corrected chi connectivity index (χ3v) is 18.0. The zero-order valence-corrected chi connectivity index (χ0v) is 50.7. The smallest absolute Gasteiger partial charge is 0.252 e. The van der Waals surface area contributed by atoms with Gasteiger partial charge in [0.1, 0.15) is 0 Å². The maximum atomic E-state index is 2.73. The molecule has 0 saturated carbocycles. The Bertz CT molecular complexity index is 3420. The van der Waals surface area contributed by atoms with Crippen LogP contribution in [0.1, 0.15) is 190 Å². The molecule has 0 saturated heterocycles. The Kier molecular flexibility index (Phi) is 12.5. The summed E-state index contributed by atoms with van der Waals surface area (Å²) in [6.45, 7) is 52.0. The van der Waals surface area contributed by atoms with E-state index in [-0.39, 0.29) is 39.2 Å². The summed E-state index contributed by atoms with van der Waals surface area (Å²) in [5.41, 5.74) is 31.4. The van der Waals surface area contributed by atoms with Crippen LogP contribution in [0.5, 0.6) is 0 Å². The molecule has 4 heteroatoms. The lowest BCUT2D eigenvalue weighted by Crippen LogP contribution is -2.62. The van der Waals surface area contributed by atoms with Gasteiger partial charge in [-0.2, -0.15) is 0 Å². The Morgan fingerprint density at radius 3 is 1.28 bits per heavy atom. The molecule has 0 aromatic heterocycles. The lowest BCUT2D eigenvalue weighted by atomic mass is 9.33. The first-order valence-corrected chi connectivity index (χ1v) is 28.5. The van der Waals surface area contributed by atoms with Gasteiger partial charge in [0.2, 0.25) is 0 Å². The van der Waals surface area contributed by atoms with E-state index in [9.17, 15) is 0 Å². The second kappa shape index (κ2) is 17.8. The normalized spacial score (nSPS) is 15.8. The summed E-state index contributed by atoms with van der Waals surface area (Å²) in [6.07, 6.45) is 2.32. The average molecular weight is 1010 g/mol. The average Bonchev–Trinajstić information content (AvgIpc) is 3.30. The highest BCUT2D eigenvalue weighted by atomic mass is 15.2. The molecule has 3 aliphatic rings. The molecule has 394 valence electrons. The molecule has 0 amide bonds. The molecule has 1 aliphatic carbocycles. The monoisotopic (exact) mass is 1010 g/mol. The molecular formula is C72H88BN3. The molecule has 2 aliphatic heterocycles. The zero-order chi connectivity index (χ0) is 55.3. The molecule has 0 unspecified atom stereocenters. The van der Waals surface area contributed by atoms with Crippen molar-refractivity contribution in [2.45, 2.75) is 198 Å². The third-order valence-electron chi connectivity index (χ3n) is 18.0. The molecule has 0 radical (unpaired) electrons. The van der Waals surface area contributed by atoms with E-state index in [0.717, 1.165) is 24.2 Å². The predicted octanol–water partition coefficient (Wildman–Crippen LogP) is 18.6. The molecule has 0 N–H and O–H groups in total. The van der Waals surface area contributed by atoms with Gasteiger partial charge < -0.3 is 14.7 Å². The van der Waals surface area contributed by atoms with Crippen LogP contribution in [-0.4, -0.2) is 6.71 Å². The standard InChI is InChI=1S/C72H88BN3/c1-43-24-23-25-44(2)64(43)75-59-40-54(74(53-28-26-49(27-29-53)67(7,8)9)65-45(3)34-50(35-46(65)4)68(10,11)12)30-31-57(59)73-58-41-55-56(72(21,22)33-32-71(55,19)20)42-60(58)76(62-39-52(70(16,17)18)38-61(75)63(62)73)66-47(5)36-51(37-48(66)6)69(13,14)15/h23-31,34-42H,32-33H2,1-22H3. The van der Waals surface area contributed by atoms with Crippen molar-refractivity contribution in [3.8, 4) is 0 Å². The van der Waals surface area contributed by atoms with E-state index in [0.29, 0.717) is 0 Å². The Hall–Kier alpha value is -6.00. The molecular weight excluding hydrogens is 918 g/mol. The second-order valence-electron chi connectivity index (χ2n) is 29.0. The van der Waals surface area contributed by atoms with Crippen LogP contribution in [0, 0.1) is 41.5 Å². The highest BCUT2D eigenvalue weighted by Gasteiger charge is 2.48. The molecule has 0 spiro atoms. The van der Waals surface area contributed by atoms with Crippen molar-refractivity contribution in [1.29, 1.82) is 0 Å². The lowest BCUT2D eigenvalue weighted by Gasteiger charge is -2.48. The van der Waals surface area contributed by atoms with Gasteiger partial charge in [-0.25, -0.2) is 0 Å². The Morgan fingerprint density at radius 2 is 0.803 bits per heavy atom. The summed E-state index contributed by atoms with van der Waals surface area (Å²) in [6, 6.07) is 44.1. The first kappa shape index (κ1) is 53.4. The van der Waals surface area contributed by atoms with Gasteiger partial charge in [0, 0.05) is 34.1 Å². The van der Waals surface area contributed by atoms with Gasteiger partial charge in [-0.3, -0.25) is 0 Å². The number of hydrogen-bond donors (Lipinski definition) is 0. The fraction of sp³-hybridized carbons (Fsp3) is 0.417. The lowest BCUT2D eigenvalue weighted by molar-refractivity contribution is 0.332. The van der Waals surface area contributed by atoms with Gasteiger partial charge in [0.25, 0.3) is 6.71 Å². The van der Waals surface area contributed by atoms with Crippen LogP contribution in [-0.2, 0) is 32.5 Å². The predicted molar refractivity (Wildman–Crippen MR) is 334 cm³/mol. The van der Waals surface area contributed by atoms with E-state index in [1.807, 2.05) is 0 Å². The van der Waals surface area contributed by atoms with Gasteiger partial charge >= 0.3 is 0 Å². The maximum absolute atomic E-state index is 2.73. The Morgan fingerprint density at radius 1 is 0.395 bits per heavy atom. The second-order valence-corrected chi connectivity index (χ2v) is 29.0. The Labute approximate surface area is 460 Å². The van der Waals surface area contributed by atoms with Crippen LogP contribution in [0.2, 0.25) is 0 Å². The van der Waals surface area contributed by atoms with Gasteiger partial charge in [-0.15, -0.1) is 0 Å². The van der Waals surface area contributed by atoms with Crippen LogP contribution in [0.25, 0.3) is 0 Å². The van der Waals surface area contributed by atoms with E-state index < -0.39 is 0 Å². The SMILES string of the molecule is Cc1cc(C(C)(C)C)cc(C)c1N(c1ccc(C(C)(C)C)cc1)c1ccc2c(c1)N(c1c(C)cccc1C)c1cc(C(C)(C)C)cc3c1B2c1cc2c(cc1N3c1c(C)cc(C(C)(C)C)cc1C)C(C)(C)CCC2(C)C. The van der Waals surface area contributed by atoms with Crippen LogP contribution >= 0.6 is 0 Å². The van der Waals surface area contributed by atoms with E-state index in [1.165, 1.54) is 123 Å². The fourth-order valence-corrected chi connectivity index (χ4v) is 13.3. The summed E-state index contributed by atoms with van der Waals surface area (Å²) >= 11 is 0. The first-order chi connectivity index (χ1) is 35.2. The van der Waals surface area contributed by atoms with Crippen LogP contribution < -0.4 is 31.1 Å². The molecule has 0 atom stereocenters. The molecule has 10 rings (SSSR count). The van der Waals surface area contributed by atoms with Crippen molar-refractivity contribution < 1.29 is 0 Å². The molecule has 3 nitrogen and oxygen atoms in total. The molecule has 7 aromatic carbocycles. The number of benzene rings is 7. The van der Waals surface area contributed by atoms with Crippen molar-refractivity contribution in [2.24, 2.45) is 0 Å². The van der Waals surface area contributed by atoms with Crippen molar-refractivity contribution >= 4 is 74.3 Å². The van der Waals surface area contributed by atoms with E-state index in [1.54, 1.807) is 0 Å². The van der Waals surface area contributed by atoms with Crippen molar-refractivity contribution in [3.05, 3.63) is 176 Å². The number of hydrogen-bond acceptors (Lipinski definition) is 3. The topological polar surface area (TPSA) is 9.72 Å². The van der Waals surface area contributed by atoms with E-state index >= 15 is 0 Å². The number of aryl methyl sites for hydroxylation is 6. The molecule has 7 aromatic rings. The summed E-state index contributed by atoms with van der Waals surface area (Å²) in [4.78, 5) is 7.98. The quantitative estimate of drug-likeness (QED) is 0.159. The minimum atomic E-state index is -0.145. The molecule has 76 heavy (non-hydrogen) atoms. The number of fused-ring (bicyclic) bond motifs is 5. The van der Waals surface area contributed by atoms with Crippen LogP contribution in [0.4, 0.5) is 51.2 Å². The fourth-order valence-electron chi connectivity index (χ4n) is 13.3. The largest absolute Gasteiger partial charge is 0.311 e. The number of para-hydroxylation sites is 1. The maximum Gasteiger partial charge on any atom is 0.252 e. The molecule has 2 heterocycles. The summed E-state index contributed by atoms with van der Waals surface area (Å²) in [5.74, 6) is 0.